The molecule has 2 aromatic carbocycles. The van der Waals surface area contributed by atoms with Crippen LogP contribution in [0.1, 0.15) is 39.6 Å². The summed E-state index contributed by atoms with van der Waals surface area (Å²) in [4.78, 5) is 25.4. The van der Waals surface area contributed by atoms with Crippen LogP contribution in [0.4, 0.5) is 0 Å². The molecule has 172 valence electrons. The van der Waals surface area contributed by atoms with Gasteiger partial charge in [0.05, 0.1) is 22.7 Å². The Morgan fingerprint density at radius 3 is 2.09 bits per heavy atom. The van der Waals surface area contributed by atoms with E-state index >= 15 is 0 Å². The molecule has 0 spiro atoms. The number of H-pyrrole nitrogens is 4. The minimum absolute atomic E-state index is 0.241. The number of ether oxygens (including phenoxy) is 2. The van der Waals surface area contributed by atoms with Crippen LogP contribution in [0.5, 0.6) is 11.5 Å². The topological polar surface area (TPSA) is 116 Å². The van der Waals surface area contributed by atoms with Crippen molar-refractivity contribution in [1.82, 2.24) is 20.4 Å². The van der Waals surface area contributed by atoms with Crippen LogP contribution in [-0.4, -0.2) is 27.5 Å². The van der Waals surface area contributed by atoms with Crippen LogP contribution in [0.15, 0.2) is 50.5 Å². The molecule has 4 aromatic rings. The quantitative estimate of drug-likeness (QED) is 0.279. The maximum Gasteiger partial charge on any atom is 0.268 e. The van der Waals surface area contributed by atoms with Crippen LogP contribution in [-0.2, 0) is 6.61 Å². The van der Waals surface area contributed by atoms with Crippen LogP contribution in [0.2, 0.25) is 5.02 Å². The average Bonchev–Trinajstić information content (AvgIpc) is 3.30. The van der Waals surface area contributed by atoms with Gasteiger partial charge in [0.25, 0.3) is 11.1 Å². The first-order valence-electron chi connectivity index (χ1n) is 10.1. The highest BCUT2D eigenvalue weighted by molar-refractivity contribution is 9.10. The minimum atomic E-state index is -0.641. The minimum Gasteiger partial charge on any atom is -0.493 e. The van der Waals surface area contributed by atoms with Crippen molar-refractivity contribution in [2.45, 2.75) is 26.4 Å². The Labute approximate surface area is 202 Å². The molecular formula is C23H22BrClN4O4. The van der Waals surface area contributed by atoms with Crippen molar-refractivity contribution < 1.29 is 9.47 Å². The fourth-order valence-corrected chi connectivity index (χ4v) is 4.66. The third-order valence-electron chi connectivity index (χ3n) is 5.52. The summed E-state index contributed by atoms with van der Waals surface area (Å²) in [5.41, 5.74) is 3.09. The van der Waals surface area contributed by atoms with Crippen molar-refractivity contribution in [3.8, 4) is 11.5 Å². The smallest absolute Gasteiger partial charge is 0.268 e. The van der Waals surface area contributed by atoms with E-state index in [1.165, 1.54) is 7.11 Å². The molecular weight excluding hydrogens is 512 g/mol. The summed E-state index contributed by atoms with van der Waals surface area (Å²) >= 11 is 9.82. The Balaban J connectivity index is 1.82. The van der Waals surface area contributed by atoms with Gasteiger partial charge in [0.1, 0.15) is 6.61 Å². The fourth-order valence-electron chi connectivity index (χ4n) is 3.90. The zero-order chi connectivity index (χ0) is 23.7. The van der Waals surface area contributed by atoms with Crippen molar-refractivity contribution >= 4 is 27.5 Å². The second-order valence-electron chi connectivity index (χ2n) is 7.58. The van der Waals surface area contributed by atoms with Crippen LogP contribution in [0.25, 0.3) is 0 Å². The number of aromatic nitrogens is 4. The Bertz CT molecular complexity index is 1360. The molecule has 4 rings (SSSR count). The van der Waals surface area contributed by atoms with Crippen molar-refractivity contribution in [3.63, 3.8) is 0 Å². The molecule has 4 N–H and O–H groups in total. The molecule has 10 heteroatoms. The second-order valence-corrected chi connectivity index (χ2v) is 8.84. The van der Waals surface area contributed by atoms with Crippen LogP contribution in [0.3, 0.4) is 0 Å². The first kappa shape index (κ1) is 23.0. The van der Waals surface area contributed by atoms with E-state index in [-0.39, 0.29) is 17.7 Å². The van der Waals surface area contributed by atoms with Crippen LogP contribution < -0.4 is 20.6 Å². The number of benzene rings is 2. The molecule has 0 saturated carbocycles. The van der Waals surface area contributed by atoms with E-state index in [4.69, 9.17) is 21.1 Å². The van der Waals surface area contributed by atoms with Gasteiger partial charge in [-0.1, -0.05) is 29.8 Å². The van der Waals surface area contributed by atoms with Gasteiger partial charge >= 0.3 is 0 Å². The Hall–Kier alpha value is -3.17. The largest absolute Gasteiger partial charge is 0.493 e. The molecule has 0 amide bonds. The SMILES string of the molecule is COc1cc(C(c2c(C)[nH][nH]c2=O)c2c(C)[nH][nH]c2=O)cc(Br)c1OCc1ccccc1Cl. The van der Waals surface area contributed by atoms with Crippen molar-refractivity contribution in [1.29, 1.82) is 0 Å². The van der Waals surface area contributed by atoms with Gasteiger partial charge in [0.2, 0.25) is 0 Å². The number of halogens is 2. The molecule has 0 bridgehead atoms. The van der Waals surface area contributed by atoms with Gasteiger partial charge in [-0.3, -0.25) is 19.8 Å². The van der Waals surface area contributed by atoms with Crippen molar-refractivity contribution in [2.24, 2.45) is 0 Å². The lowest BCUT2D eigenvalue weighted by Crippen LogP contribution is -2.20. The normalized spacial score (nSPS) is 11.2. The summed E-state index contributed by atoms with van der Waals surface area (Å²) in [6, 6.07) is 11.0. The standard InChI is InChI=1S/C23H22BrClN4O4/c1-11-18(22(30)28-26-11)20(19-12(2)27-29-23(19)31)14-8-15(24)21(17(9-14)32-3)33-10-13-6-4-5-7-16(13)25/h4-9,20H,10H2,1-3H3,(H2,26,28,30)(H2,27,29,31). The van der Waals surface area contributed by atoms with Crippen molar-refractivity contribution in [2.75, 3.05) is 7.11 Å². The maximum atomic E-state index is 12.7. The highest BCUT2D eigenvalue weighted by atomic mass is 79.9. The number of hydrogen-bond acceptors (Lipinski definition) is 4. The molecule has 0 aliphatic carbocycles. The third-order valence-corrected chi connectivity index (χ3v) is 6.47. The van der Waals surface area contributed by atoms with Crippen LogP contribution in [0, 0.1) is 13.8 Å². The number of hydrogen-bond donors (Lipinski definition) is 4. The third kappa shape index (κ3) is 4.38. The van der Waals surface area contributed by atoms with Gasteiger partial charge < -0.3 is 19.7 Å². The van der Waals surface area contributed by atoms with E-state index < -0.39 is 5.92 Å². The second kappa shape index (κ2) is 9.36. The molecule has 2 heterocycles. The summed E-state index contributed by atoms with van der Waals surface area (Å²) in [6.07, 6.45) is 0. The highest BCUT2D eigenvalue weighted by Gasteiger charge is 2.29. The van der Waals surface area contributed by atoms with Crippen molar-refractivity contribution in [3.05, 3.63) is 100 Å². The van der Waals surface area contributed by atoms with E-state index in [0.717, 1.165) is 5.56 Å². The number of aromatic amines is 4. The predicted molar refractivity (Wildman–Crippen MR) is 130 cm³/mol. The Kier molecular flexibility index (Phi) is 6.53. The molecule has 0 saturated heterocycles. The lowest BCUT2D eigenvalue weighted by Gasteiger charge is -2.20. The zero-order valence-corrected chi connectivity index (χ0v) is 20.5. The average molecular weight is 534 g/mol. The number of aryl methyl sites for hydroxylation is 2. The molecule has 33 heavy (non-hydrogen) atoms. The molecule has 0 fully saturated rings. The van der Waals surface area contributed by atoms with Crippen LogP contribution >= 0.6 is 27.5 Å². The van der Waals surface area contributed by atoms with E-state index in [0.29, 0.717) is 49.1 Å². The number of rotatable bonds is 7. The highest BCUT2D eigenvalue weighted by Crippen LogP contribution is 2.42. The monoisotopic (exact) mass is 532 g/mol. The molecule has 0 aliphatic heterocycles. The number of methoxy groups -OCH3 is 1. The van der Waals surface area contributed by atoms with E-state index in [9.17, 15) is 9.59 Å². The summed E-state index contributed by atoms with van der Waals surface area (Å²) in [5.74, 6) is 0.294. The first-order chi connectivity index (χ1) is 15.8. The maximum absolute atomic E-state index is 12.7. The molecule has 0 radical (unpaired) electrons. The fraction of sp³-hybridized carbons (Fsp3) is 0.217. The lowest BCUT2D eigenvalue weighted by molar-refractivity contribution is 0.282. The van der Waals surface area contributed by atoms with Gasteiger partial charge in [-0.05, 0) is 53.5 Å². The molecule has 0 aliphatic rings. The first-order valence-corrected chi connectivity index (χ1v) is 11.3. The van der Waals surface area contributed by atoms with E-state index in [1.807, 2.05) is 24.3 Å². The summed E-state index contributed by atoms with van der Waals surface area (Å²) < 4.78 is 12.3. The van der Waals surface area contributed by atoms with E-state index in [1.54, 1.807) is 26.0 Å². The van der Waals surface area contributed by atoms with E-state index in [2.05, 4.69) is 36.3 Å². The zero-order valence-electron chi connectivity index (χ0n) is 18.1. The van der Waals surface area contributed by atoms with Gasteiger partial charge in [-0.15, -0.1) is 0 Å². The Morgan fingerprint density at radius 1 is 0.970 bits per heavy atom. The van der Waals surface area contributed by atoms with Gasteiger partial charge in [-0.25, -0.2) is 0 Å². The Morgan fingerprint density at radius 2 is 1.58 bits per heavy atom. The molecule has 0 atom stereocenters. The summed E-state index contributed by atoms with van der Waals surface area (Å²) in [5, 5.41) is 11.5. The lowest BCUT2D eigenvalue weighted by atomic mass is 9.85. The molecule has 0 unspecified atom stereocenters. The molecule has 2 aromatic heterocycles. The van der Waals surface area contributed by atoms with Gasteiger partial charge in [-0.2, -0.15) is 0 Å². The summed E-state index contributed by atoms with van der Waals surface area (Å²) in [7, 11) is 1.53. The summed E-state index contributed by atoms with van der Waals surface area (Å²) in [6.45, 7) is 3.80. The predicted octanol–water partition coefficient (Wildman–Crippen LogP) is 4.52. The number of nitrogens with one attached hydrogen (secondary N) is 4. The van der Waals surface area contributed by atoms with Gasteiger partial charge in [0.15, 0.2) is 11.5 Å². The molecule has 8 nitrogen and oxygen atoms in total. The van der Waals surface area contributed by atoms with Gasteiger partial charge in [0, 0.05) is 27.9 Å².